The maximum absolute atomic E-state index is 12.6. The van der Waals surface area contributed by atoms with E-state index < -0.39 is 0 Å². The zero-order valence-corrected chi connectivity index (χ0v) is 19.4. The van der Waals surface area contributed by atoms with E-state index in [1.54, 1.807) is 16.2 Å². The van der Waals surface area contributed by atoms with E-state index in [1.165, 1.54) is 0 Å². The average Bonchev–Trinajstić information content (AvgIpc) is 3.38. The van der Waals surface area contributed by atoms with E-state index in [2.05, 4.69) is 48.1 Å². The predicted molar refractivity (Wildman–Crippen MR) is 127 cm³/mol. The molecule has 1 atom stereocenters. The summed E-state index contributed by atoms with van der Waals surface area (Å²) in [5.74, 6) is 0.736. The number of aromatic nitrogens is 1. The van der Waals surface area contributed by atoms with E-state index in [-0.39, 0.29) is 18.6 Å². The Kier molecular flexibility index (Phi) is 7.52. The van der Waals surface area contributed by atoms with Gasteiger partial charge < -0.3 is 14.4 Å². The number of hydrogen-bond acceptors (Lipinski definition) is 6. The summed E-state index contributed by atoms with van der Waals surface area (Å²) in [7, 11) is 2.09. The lowest BCUT2D eigenvalue weighted by Gasteiger charge is -2.27. The molecule has 0 aliphatic carbocycles. The van der Waals surface area contributed by atoms with Crippen molar-refractivity contribution in [2.45, 2.75) is 19.5 Å². The molecule has 0 radical (unpaired) electrons. The first-order valence-electron chi connectivity index (χ1n) is 10.9. The minimum absolute atomic E-state index is 0.00380. The number of nitrogens with zero attached hydrogens (tertiary/aromatic N) is 3. The van der Waals surface area contributed by atoms with Crippen molar-refractivity contribution in [3.63, 3.8) is 0 Å². The SMILES string of the molecule is CC(c1nccs1)N(C)Cc1cc(-c2ccccc2)ccc1OCC(=O)N1CCOCC1. The molecule has 1 amide bonds. The highest BCUT2D eigenvalue weighted by molar-refractivity contribution is 7.09. The summed E-state index contributed by atoms with van der Waals surface area (Å²) in [6, 6.07) is 16.7. The van der Waals surface area contributed by atoms with Crippen LogP contribution >= 0.6 is 11.3 Å². The number of ether oxygens (including phenoxy) is 2. The van der Waals surface area contributed by atoms with Gasteiger partial charge in [-0.2, -0.15) is 0 Å². The van der Waals surface area contributed by atoms with Crippen LogP contribution in [-0.4, -0.2) is 60.6 Å². The number of thiazole rings is 1. The Hall–Kier alpha value is -2.74. The topological polar surface area (TPSA) is 54.9 Å². The number of rotatable bonds is 8. The van der Waals surface area contributed by atoms with Gasteiger partial charge in [0.1, 0.15) is 10.8 Å². The summed E-state index contributed by atoms with van der Waals surface area (Å²) in [5, 5.41) is 3.08. The zero-order valence-electron chi connectivity index (χ0n) is 18.6. The second kappa shape index (κ2) is 10.7. The second-order valence-corrected chi connectivity index (χ2v) is 8.86. The molecule has 2 aromatic carbocycles. The Bertz CT molecular complexity index is 1000. The second-order valence-electron chi connectivity index (χ2n) is 7.93. The maximum Gasteiger partial charge on any atom is 0.260 e. The molecular weight excluding hydrogens is 422 g/mol. The highest BCUT2D eigenvalue weighted by atomic mass is 32.1. The standard InChI is InChI=1S/C25H29N3O3S/c1-19(25-26-10-15-32-25)27(2)17-22-16-21(20-6-4-3-5-7-20)8-9-23(22)31-18-24(29)28-11-13-30-14-12-28/h3-10,15-16,19H,11-14,17-18H2,1-2H3. The summed E-state index contributed by atoms with van der Waals surface area (Å²) in [6.07, 6.45) is 1.84. The first-order valence-corrected chi connectivity index (χ1v) is 11.8. The van der Waals surface area contributed by atoms with Crippen LogP contribution in [0.4, 0.5) is 0 Å². The van der Waals surface area contributed by atoms with E-state index >= 15 is 0 Å². The molecular formula is C25H29N3O3S. The molecule has 1 fully saturated rings. The Morgan fingerprint density at radius 3 is 2.69 bits per heavy atom. The molecule has 1 aliphatic rings. The molecule has 32 heavy (non-hydrogen) atoms. The van der Waals surface area contributed by atoms with E-state index in [1.807, 2.05) is 35.8 Å². The molecule has 1 aliphatic heterocycles. The smallest absolute Gasteiger partial charge is 0.260 e. The highest BCUT2D eigenvalue weighted by Crippen LogP contribution is 2.30. The van der Waals surface area contributed by atoms with Crippen LogP contribution in [0.1, 0.15) is 23.5 Å². The van der Waals surface area contributed by atoms with Gasteiger partial charge in [-0.25, -0.2) is 4.98 Å². The Morgan fingerprint density at radius 2 is 1.97 bits per heavy atom. The van der Waals surface area contributed by atoms with E-state index in [4.69, 9.17) is 9.47 Å². The van der Waals surface area contributed by atoms with Gasteiger partial charge in [-0.15, -0.1) is 11.3 Å². The van der Waals surface area contributed by atoms with Crippen LogP contribution in [0.15, 0.2) is 60.1 Å². The van der Waals surface area contributed by atoms with Gasteiger partial charge in [0.15, 0.2) is 6.61 Å². The minimum atomic E-state index is -0.00380. The Balaban J connectivity index is 1.53. The van der Waals surface area contributed by atoms with E-state index in [0.29, 0.717) is 32.8 Å². The number of morpholine rings is 1. The summed E-state index contributed by atoms with van der Waals surface area (Å²) in [6.45, 7) is 5.28. The van der Waals surface area contributed by atoms with Crippen LogP contribution in [0, 0.1) is 0 Å². The van der Waals surface area contributed by atoms with Crippen LogP contribution in [-0.2, 0) is 16.1 Å². The Labute approximate surface area is 193 Å². The third-order valence-electron chi connectivity index (χ3n) is 5.77. The van der Waals surface area contributed by atoms with Crippen molar-refractivity contribution in [2.75, 3.05) is 40.0 Å². The maximum atomic E-state index is 12.6. The molecule has 2 heterocycles. The molecule has 168 valence electrons. The largest absolute Gasteiger partial charge is 0.483 e. The molecule has 3 aromatic rings. The van der Waals surface area contributed by atoms with Crippen molar-refractivity contribution in [1.82, 2.24) is 14.8 Å². The number of benzene rings is 2. The van der Waals surface area contributed by atoms with E-state index in [9.17, 15) is 4.79 Å². The molecule has 1 saturated heterocycles. The fourth-order valence-corrected chi connectivity index (χ4v) is 4.49. The quantitative estimate of drug-likeness (QED) is 0.513. The molecule has 6 nitrogen and oxygen atoms in total. The van der Waals surface area contributed by atoms with Crippen molar-refractivity contribution < 1.29 is 14.3 Å². The van der Waals surface area contributed by atoms with Crippen molar-refractivity contribution in [1.29, 1.82) is 0 Å². The van der Waals surface area contributed by atoms with Gasteiger partial charge in [-0.3, -0.25) is 9.69 Å². The van der Waals surface area contributed by atoms with Crippen LogP contribution < -0.4 is 4.74 Å². The third-order valence-corrected chi connectivity index (χ3v) is 6.72. The molecule has 0 saturated carbocycles. The first-order chi connectivity index (χ1) is 15.6. The lowest BCUT2D eigenvalue weighted by molar-refractivity contribution is -0.137. The van der Waals surface area contributed by atoms with Gasteiger partial charge in [-0.05, 0) is 37.2 Å². The van der Waals surface area contributed by atoms with Crippen molar-refractivity contribution in [2.24, 2.45) is 0 Å². The van der Waals surface area contributed by atoms with Crippen LogP contribution in [0.5, 0.6) is 5.75 Å². The summed E-state index contributed by atoms with van der Waals surface area (Å²) >= 11 is 1.66. The van der Waals surface area contributed by atoms with Gasteiger partial charge in [0.2, 0.25) is 0 Å². The fourth-order valence-electron chi connectivity index (χ4n) is 3.73. The molecule has 1 unspecified atom stereocenters. The first kappa shape index (κ1) is 22.5. The molecule has 0 spiro atoms. The van der Waals surface area contributed by atoms with Crippen LogP contribution in [0.3, 0.4) is 0 Å². The Morgan fingerprint density at radius 1 is 1.19 bits per heavy atom. The van der Waals surface area contributed by atoms with Crippen molar-refractivity contribution >= 4 is 17.2 Å². The monoisotopic (exact) mass is 451 g/mol. The lowest BCUT2D eigenvalue weighted by atomic mass is 10.0. The molecule has 7 heteroatoms. The summed E-state index contributed by atoms with van der Waals surface area (Å²) in [4.78, 5) is 21.1. The number of carbonyl (C=O) groups is 1. The van der Waals surface area contributed by atoms with Gasteiger partial charge in [0, 0.05) is 36.8 Å². The number of amides is 1. The fraction of sp³-hybridized carbons (Fsp3) is 0.360. The molecule has 0 N–H and O–H groups in total. The number of hydrogen-bond donors (Lipinski definition) is 0. The average molecular weight is 452 g/mol. The molecule has 0 bridgehead atoms. The van der Waals surface area contributed by atoms with Crippen LogP contribution in [0.2, 0.25) is 0 Å². The minimum Gasteiger partial charge on any atom is -0.483 e. The third kappa shape index (κ3) is 5.54. The zero-order chi connectivity index (χ0) is 22.3. The van der Waals surface area contributed by atoms with Gasteiger partial charge in [-0.1, -0.05) is 36.4 Å². The van der Waals surface area contributed by atoms with Gasteiger partial charge in [0.25, 0.3) is 5.91 Å². The van der Waals surface area contributed by atoms with Crippen molar-refractivity contribution in [3.05, 3.63) is 70.7 Å². The van der Waals surface area contributed by atoms with Crippen molar-refractivity contribution in [3.8, 4) is 16.9 Å². The van der Waals surface area contributed by atoms with E-state index in [0.717, 1.165) is 27.4 Å². The van der Waals surface area contributed by atoms with Gasteiger partial charge in [0.05, 0.1) is 19.3 Å². The molecule has 4 rings (SSSR count). The van der Waals surface area contributed by atoms with Crippen LogP contribution in [0.25, 0.3) is 11.1 Å². The predicted octanol–water partition coefficient (Wildman–Crippen LogP) is 4.24. The molecule has 1 aromatic heterocycles. The van der Waals surface area contributed by atoms with Gasteiger partial charge >= 0.3 is 0 Å². The normalized spacial score (nSPS) is 15.0. The summed E-state index contributed by atoms with van der Waals surface area (Å²) in [5.41, 5.74) is 3.33. The lowest BCUT2D eigenvalue weighted by Crippen LogP contribution is -2.43. The highest BCUT2D eigenvalue weighted by Gasteiger charge is 2.20. The summed E-state index contributed by atoms with van der Waals surface area (Å²) < 4.78 is 11.4. The number of carbonyl (C=O) groups excluding carboxylic acids is 1.